The van der Waals surface area contributed by atoms with Gasteiger partial charge in [-0.15, -0.1) is 0 Å². The third-order valence-corrected chi connectivity index (χ3v) is 2.16. The van der Waals surface area contributed by atoms with Crippen LogP contribution in [0.5, 0.6) is 0 Å². The van der Waals surface area contributed by atoms with Gasteiger partial charge >= 0.3 is 0 Å². The van der Waals surface area contributed by atoms with Crippen molar-refractivity contribution in [2.45, 2.75) is 26.9 Å². The first-order valence-electron chi connectivity index (χ1n) is 5.81. The lowest BCUT2D eigenvalue weighted by molar-refractivity contribution is 0.0855. The summed E-state index contributed by atoms with van der Waals surface area (Å²) in [6, 6.07) is 3.96. The maximum absolute atomic E-state index is 5.45. The molecule has 0 radical (unpaired) electrons. The lowest BCUT2D eigenvalue weighted by Crippen LogP contribution is -2.19. The van der Waals surface area contributed by atoms with Gasteiger partial charge in [-0.1, -0.05) is 0 Å². The van der Waals surface area contributed by atoms with Crippen molar-refractivity contribution in [3.05, 3.63) is 18.3 Å². The summed E-state index contributed by atoms with van der Waals surface area (Å²) in [6.45, 7) is 8.56. The van der Waals surface area contributed by atoms with Crippen molar-refractivity contribution >= 4 is 11.5 Å². The molecule has 0 spiro atoms. The third kappa shape index (κ3) is 4.49. The first-order valence-corrected chi connectivity index (χ1v) is 5.81. The number of hydrogen-bond acceptors (Lipinski definition) is 4. The smallest absolute Gasteiger partial charge is 0.127 e. The lowest BCUT2D eigenvalue weighted by atomic mass is 10.3. The van der Waals surface area contributed by atoms with Crippen LogP contribution in [0.2, 0.25) is 0 Å². The predicted molar refractivity (Wildman–Crippen MR) is 68.0 cm³/mol. The van der Waals surface area contributed by atoms with Crippen LogP contribution in [0.15, 0.2) is 18.3 Å². The molecular formula is C12H21N3O. The summed E-state index contributed by atoms with van der Waals surface area (Å²) in [5.41, 5.74) is 1.07. The Bertz CT molecular complexity index is 304. The molecule has 0 fully saturated rings. The number of nitrogens with zero attached hydrogens (tertiary/aromatic N) is 1. The molecular weight excluding hydrogens is 202 g/mol. The second kappa shape index (κ2) is 7.06. The van der Waals surface area contributed by atoms with Gasteiger partial charge in [0.25, 0.3) is 0 Å². The SMILES string of the molecule is CCNc1cc(NCC(C)OCC)ccn1. The average molecular weight is 223 g/mol. The molecule has 0 saturated heterocycles. The van der Waals surface area contributed by atoms with E-state index >= 15 is 0 Å². The second-order valence-corrected chi connectivity index (χ2v) is 3.61. The molecule has 0 saturated carbocycles. The summed E-state index contributed by atoms with van der Waals surface area (Å²) in [7, 11) is 0. The van der Waals surface area contributed by atoms with Crippen LogP contribution in [0.3, 0.4) is 0 Å². The van der Waals surface area contributed by atoms with Crippen LogP contribution >= 0.6 is 0 Å². The van der Waals surface area contributed by atoms with E-state index in [2.05, 4.69) is 29.5 Å². The van der Waals surface area contributed by atoms with Gasteiger partial charge in [-0.3, -0.25) is 0 Å². The zero-order valence-electron chi connectivity index (χ0n) is 10.3. The van der Waals surface area contributed by atoms with Crippen LogP contribution in [0.25, 0.3) is 0 Å². The molecule has 0 aliphatic carbocycles. The summed E-state index contributed by atoms with van der Waals surface area (Å²) in [6.07, 6.45) is 2.02. The molecule has 1 atom stereocenters. The van der Waals surface area contributed by atoms with E-state index in [4.69, 9.17) is 4.74 Å². The van der Waals surface area contributed by atoms with Gasteiger partial charge in [0.2, 0.25) is 0 Å². The molecule has 0 aliphatic rings. The van der Waals surface area contributed by atoms with E-state index in [-0.39, 0.29) is 6.10 Å². The molecule has 4 heteroatoms. The molecule has 90 valence electrons. The van der Waals surface area contributed by atoms with Gasteiger partial charge in [-0.25, -0.2) is 4.98 Å². The highest BCUT2D eigenvalue weighted by molar-refractivity contribution is 5.51. The Morgan fingerprint density at radius 1 is 1.38 bits per heavy atom. The zero-order chi connectivity index (χ0) is 11.8. The summed E-state index contributed by atoms with van der Waals surface area (Å²) in [4.78, 5) is 4.21. The highest BCUT2D eigenvalue weighted by Gasteiger charge is 2.01. The Hall–Kier alpha value is -1.29. The van der Waals surface area contributed by atoms with Crippen LogP contribution in [0.1, 0.15) is 20.8 Å². The van der Waals surface area contributed by atoms with E-state index in [1.807, 2.05) is 19.1 Å². The average Bonchev–Trinajstić information content (AvgIpc) is 2.28. The van der Waals surface area contributed by atoms with Crippen LogP contribution in [0.4, 0.5) is 11.5 Å². The molecule has 0 bridgehead atoms. The van der Waals surface area contributed by atoms with Gasteiger partial charge in [0.05, 0.1) is 6.10 Å². The summed E-state index contributed by atoms with van der Waals surface area (Å²) in [5, 5.41) is 6.50. The Morgan fingerprint density at radius 3 is 2.88 bits per heavy atom. The van der Waals surface area contributed by atoms with Crippen molar-refractivity contribution < 1.29 is 4.74 Å². The Morgan fingerprint density at radius 2 is 2.19 bits per heavy atom. The number of pyridine rings is 1. The van der Waals surface area contributed by atoms with Gasteiger partial charge in [0.15, 0.2) is 0 Å². The summed E-state index contributed by atoms with van der Waals surface area (Å²) < 4.78 is 5.45. The molecule has 0 aromatic carbocycles. The first kappa shape index (κ1) is 12.8. The number of aromatic nitrogens is 1. The summed E-state index contributed by atoms with van der Waals surface area (Å²) in [5.74, 6) is 0.900. The molecule has 1 heterocycles. The van der Waals surface area contributed by atoms with Crippen molar-refractivity contribution in [3.63, 3.8) is 0 Å². The van der Waals surface area contributed by atoms with E-state index in [0.29, 0.717) is 0 Å². The minimum Gasteiger partial charge on any atom is -0.382 e. The normalized spacial score (nSPS) is 12.2. The van der Waals surface area contributed by atoms with Crippen molar-refractivity contribution in [3.8, 4) is 0 Å². The Labute approximate surface area is 97.4 Å². The van der Waals surface area contributed by atoms with E-state index in [1.165, 1.54) is 0 Å². The van der Waals surface area contributed by atoms with Crippen molar-refractivity contribution in [1.82, 2.24) is 4.98 Å². The molecule has 0 aliphatic heterocycles. The van der Waals surface area contributed by atoms with Crippen molar-refractivity contribution in [2.75, 3.05) is 30.3 Å². The Balaban J connectivity index is 2.44. The van der Waals surface area contributed by atoms with Gasteiger partial charge in [0, 0.05) is 37.6 Å². The number of rotatable bonds is 7. The highest BCUT2D eigenvalue weighted by Crippen LogP contribution is 2.11. The highest BCUT2D eigenvalue weighted by atomic mass is 16.5. The van der Waals surface area contributed by atoms with E-state index in [0.717, 1.165) is 31.2 Å². The zero-order valence-corrected chi connectivity index (χ0v) is 10.3. The molecule has 16 heavy (non-hydrogen) atoms. The number of anilines is 2. The third-order valence-electron chi connectivity index (χ3n) is 2.16. The van der Waals surface area contributed by atoms with Crippen molar-refractivity contribution in [1.29, 1.82) is 0 Å². The molecule has 2 N–H and O–H groups in total. The second-order valence-electron chi connectivity index (χ2n) is 3.61. The quantitative estimate of drug-likeness (QED) is 0.745. The van der Waals surface area contributed by atoms with Gasteiger partial charge in [-0.2, -0.15) is 0 Å². The molecule has 0 amide bonds. The van der Waals surface area contributed by atoms with E-state index in [9.17, 15) is 0 Å². The lowest BCUT2D eigenvalue weighted by Gasteiger charge is -2.14. The molecule has 1 rings (SSSR count). The van der Waals surface area contributed by atoms with Crippen LogP contribution < -0.4 is 10.6 Å². The van der Waals surface area contributed by atoms with E-state index in [1.54, 1.807) is 6.20 Å². The fourth-order valence-electron chi connectivity index (χ4n) is 1.42. The standard InChI is InChI=1S/C12H21N3O/c1-4-13-12-8-11(6-7-14-12)15-9-10(3)16-5-2/h6-8,10H,4-5,9H2,1-3H3,(H2,13,14,15). The van der Waals surface area contributed by atoms with Crippen LogP contribution in [0, 0.1) is 0 Å². The molecule has 1 aromatic heterocycles. The van der Waals surface area contributed by atoms with Crippen LogP contribution in [-0.2, 0) is 4.74 Å². The fraction of sp³-hybridized carbons (Fsp3) is 0.583. The monoisotopic (exact) mass is 223 g/mol. The van der Waals surface area contributed by atoms with E-state index < -0.39 is 0 Å². The largest absolute Gasteiger partial charge is 0.382 e. The van der Waals surface area contributed by atoms with Gasteiger partial charge in [0.1, 0.15) is 5.82 Å². The molecule has 1 aromatic rings. The topological polar surface area (TPSA) is 46.2 Å². The summed E-state index contributed by atoms with van der Waals surface area (Å²) >= 11 is 0. The number of nitrogens with one attached hydrogen (secondary N) is 2. The fourth-order valence-corrected chi connectivity index (χ4v) is 1.42. The predicted octanol–water partition coefficient (Wildman–Crippen LogP) is 2.35. The van der Waals surface area contributed by atoms with Crippen molar-refractivity contribution in [2.24, 2.45) is 0 Å². The van der Waals surface area contributed by atoms with Gasteiger partial charge < -0.3 is 15.4 Å². The first-order chi connectivity index (χ1) is 7.76. The minimum atomic E-state index is 0.223. The molecule has 4 nitrogen and oxygen atoms in total. The van der Waals surface area contributed by atoms with Gasteiger partial charge in [-0.05, 0) is 26.8 Å². The number of ether oxygens (including phenoxy) is 1. The maximum atomic E-state index is 5.45. The number of hydrogen-bond donors (Lipinski definition) is 2. The molecule has 1 unspecified atom stereocenters. The Kier molecular flexibility index (Phi) is 5.64. The van der Waals surface area contributed by atoms with Crippen LogP contribution in [-0.4, -0.2) is 30.8 Å². The minimum absolute atomic E-state index is 0.223. The maximum Gasteiger partial charge on any atom is 0.127 e.